The van der Waals surface area contributed by atoms with Gasteiger partial charge < -0.3 is 0 Å². The van der Waals surface area contributed by atoms with Crippen LogP contribution in [-0.2, 0) is 6.42 Å². The topological polar surface area (TPSA) is 52.5 Å². The number of halogens is 1. The molecule has 3 nitrogen and oxygen atoms in total. The third-order valence-electron chi connectivity index (χ3n) is 2.05. The van der Waals surface area contributed by atoms with Crippen molar-refractivity contribution in [2.75, 3.05) is 0 Å². The van der Waals surface area contributed by atoms with E-state index in [9.17, 15) is 0 Å². The highest BCUT2D eigenvalue weighted by Crippen LogP contribution is 2.26. The predicted octanol–water partition coefficient (Wildman–Crippen LogP) is 2.80. The standard InChI is InChI=1S/C11H8ClN3/c12-10-4-2-1-3-9(10)11-7-8(5-6-13)14-15-11/h1-4,7H,5H2,(H,14,15). The summed E-state index contributed by atoms with van der Waals surface area (Å²) in [7, 11) is 0. The first-order valence-electron chi connectivity index (χ1n) is 4.47. The average Bonchev–Trinajstić information content (AvgIpc) is 2.68. The maximum Gasteiger partial charge on any atom is 0.0938 e. The minimum absolute atomic E-state index is 0.331. The molecule has 0 atom stereocenters. The van der Waals surface area contributed by atoms with E-state index in [-0.39, 0.29) is 0 Å². The number of rotatable bonds is 2. The summed E-state index contributed by atoms with van der Waals surface area (Å²) < 4.78 is 0. The van der Waals surface area contributed by atoms with E-state index in [0.29, 0.717) is 11.4 Å². The summed E-state index contributed by atoms with van der Waals surface area (Å²) in [4.78, 5) is 0. The number of aromatic nitrogens is 2. The van der Waals surface area contributed by atoms with Crippen LogP contribution in [0.15, 0.2) is 30.3 Å². The zero-order valence-electron chi connectivity index (χ0n) is 7.87. The van der Waals surface area contributed by atoms with Gasteiger partial charge in [0.1, 0.15) is 0 Å². The van der Waals surface area contributed by atoms with E-state index in [1.165, 1.54) is 0 Å². The van der Waals surface area contributed by atoms with Crippen molar-refractivity contribution in [2.45, 2.75) is 6.42 Å². The molecule has 15 heavy (non-hydrogen) atoms. The monoisotopic (exact) mass is 217 g/mol. The minimum Gasteiger partial charge on any atom is -0.281 e. The molecule has 1 N–H and O–H groups in total. The summed E-state index contributed by atoms with van der Waals surface area (Å²) >= 11 is 6.03. The maximum absolute atomic E-state index is 8.53. The predicted molar refractivity (Wildman–Crippen MR) is 58.4 cm³/mol. The van der Waals surface area contributed by atoms with Gasteiger partial charge in [0.2, 0.25) is 0 Å². The summed E-state index contributed by atoms with van der Waals surface area (Å²) in [6.45, 7) is 0. The van der Waals surface area contributed by atoms with Crippen LogP contribution < -0.4 is 0 Å². The summed E-state index contributed by atoms with van der Waals surface area (Å²) in [5.74, 6) is 0. The van der Waals surface area contributed by atoms with Crippen LogP contribution in [0.25, 0.3) is 11.3 Å². The van der Waals surface area contributed by atoms with Gasteiger partial charge in [0, 0.05) is 11.3 Å². The van der Waals surface area contributed by atoms with Gasteiger partial charge in [-0.25, -0.2) is 0 Å². The largest absolute Gasteiger partial charge is 0.281 e. The molecule has 0 saturated heterocycles. The van der Waals surface area contributed by atoms with Gasteiger partial charge in [-0.1, -0.05) is 29.8 Å². The Balaban J connectivity index is 2.38. The van der Waals surface area contributed by atoms with Crippen LogP contribution in [0.4, 0.5) is 0 Å². The van der Waals surface area contributed by atoms with E-state index in [1.54, 1.807) is 0 Å². The van der Waals surface area contributed by atoms with Crippen molar-refractivity contribution in [1.29, 1.82) is 5.26 Å². The first-order chi connectivity index (χ1) is 7.31. The second-order valence-corrected chi connectivity index (χ2v) is 3.50. The molecule has 1 heterocycles. The molecule has 1 aromatic heterocycles. The Bertz CT molecular complexity index is 511. The molecule has 4 heteroatoms. The van der Waals surface area contributed by atoms with Crippen LogP contribution >= 0.6 is 11.6 Å². The number of aromatic amines is 1. The molecule has 0 aliphatic rings. The lowest BCUT2D eigenvalue weighted by atomic mass is 10.1. The molecule has 74 valence electrons. The zero-order chi connectivity index (χ0) is 10.7. The summed E-state index contributed by atoms with van der Waals surface area (Å²) in [6, 6.07) is 11.4. The normalized spacial score (nSPS) is 9.87. The van der Waals surface area contributed by atoms with Crippen molar-refractivity contribution in [3.8, 4) is 17.3 Å². The molecule has 0 unspecified atom stereocenters. The number of benzene rings is 1. The Morgan fingerprint density at radius 3 is 2.93 bits per heavy atom. The van der Waals surface area contributed by atoms with Gasteiger partial charge in [0.15, 0.2) is 0 Å². The summed E-state index contributed by atoms with van der Waals surface area (Å²) in [5.41, 5.74) is 2.44. The van der Waals surface area contributed by atoms with E-state index < -0.39 is 0 Å². The molecule has 1 aromatic carbocycles. The first-order valence-corrected chi connectivity index (χ1v) is 4.85. The zero-order valence-corrected chi connectivity index (χ0v) is 8.62. The van der Waals surface area contributed by atoms with Gasteiger partial charge in [0.05, 0.1) is 23.2 Å². The number of hydrogen-bond acceptors (Lipinski definition) is 2. The van der Waals surface area contributed by atoms with Crippen molar-refractivity contribution < 1.29 is 0 Å². The van der Waals surface area contributed by atoms with E-state index in [2.05, 4.69) is 16.3 Å². The molecule has 2 rings (SSSR count). The van der Waals surface area contributed by atoms with Crippen molar-refractivity contribution in [1.82, 2.24) is 10.2 Å². The van der Waals surface area contributed by atoms with E-state index >= 15 is 0 Å². The number of hydrogen-bond donors (Lipinski definition) is 1. The van der Waals surface area contributed by atoms with Crippen LogP contribution in [0.5, 0.6) is 0 Å². The van der Waals surface area contributed by atoms with Crippen LogP contribution in [0.3, 0.4) is 0 Å². The highest BCUT2D eigenvalue weighted by atomic mass is 35.5. The van der Waals surface area contributed by atoms with Gasteiger partial charge in [0.25, 0.3) is 0 Å². The molecule has 0 spiro atoms. The van der Waals surface area contributed by atoms with Crippen LogP contribution in [0.1, 0.15) is 5.69 Å². The SMILES string of the molecule is N#CCc1cc(-c2ccccc2Cl)n[nH]1. The van der Waals surface area contributed by atoms with Gasteiger partial charge in [-0.2, -0.15) is 10.4 Å². The molecular weight excluding hydrogens is 210 g/mol. The van der Waals surface area contributed by atoms with Crippen LogP contribution in [-0.4, -0.2) is 10.2 Å². The van der Waals surface area contributed by atoms with Gasteiger partial charge in [-0.15, -0.1) is 0 Å². The molecule has 0 aliphatic carbocycles. The third-order valence-corrected chi connectivity index (χ3v) is 2.38. The molecule has 0 radical (unpaired) electrons. The Kier molecular flexibility index (Phi) is 2.70. The van der Waals surface area contributed by atoms with Crippen molar-refractivity contribution in [2.24, 2.45) is 0 Å². The highest BCUT2D eigenvalue weighted by Gasteiger charge is 2.06. The van der Waals surface area contributed by atoms with Crippen molar-refractivity contribution in [3.63, 3.8) is 0 Å². The lowest BCUT2D eigenvalue weighted by molar-refractivity contribution is 1.02. The lowest BCUT2D eigenvalue weighted by Gasteiger charge is -1.97. The molecule has 0 amide bonds. The molecule has 0 bridgehead atoms. The second-order valence-electron chi connectivity index (χ2n) is 3.09. The minimum atomic E-state index is 0.331. The highest BCUT2D eigenvalue weighted by molar-refractivity contribution is 6.33. The number of H-pyrrole nitrogens is 1. The molecule has 0 saturated carbocycles. The summed E-state index contributed by atoms with van der Waals surface area (Å²) in [6.07, 6.45) is 0.331. The Morgan fingerprint density at radius 2 is 2.20 bits per heavy atom. The Labute approximate surface area is 92.3 Å². The van der Waals surface area contributed by atoms with Gasteiger partial charge >= 0.3 is 0 Å². The molecule has 0 aliphatic heterocycles. The fraction of sp³-hybridized carbons (Fsp3) is 0.0909. The summed E-state index contributed by atoms with van der Waals surface area (Å²) in [5, 5.41) is 16.1. The fourth-order valence-electron chi connectivity index (χ4n) is 1.34. The first kappa shape index (κ1) is 9.75. The Hall–Kier alpha value is -1.79. The van der Waals surface area contributed by atoms with Crippen LogP contribution in [0, 0.1) is 11.3 Å². The molecule has 0 fully saturated rings. The smallest absolute Gasteiger partial charge is 0.0938 e. The number of nitriles is 1. The Morgan fingerprint density at radius 1 is 1.40 bits per heavy atom. The lowest BCUT2D eigenvalue weighted by Crippen LogP contribution is -1.79. The molecular formula is C11H8ClN3. The molecule has 2 aromatic rings. The van der Waals surface area contributed by atoms with E-state index in [0.717, 1.165) is 17.0 Å². The number of nitrogens with zero attached hydrogens (tertiary/aromatic N) is 2. The number of nitrogens with one attached hydrogen (secondary N) is 1. The van der Waals surface area contributed by atoms with Crippen LogP contribution in [0.2, 0.25) is 5.02 Å². The quantitative estimate of drug-likeness (QED) is 0.841. The van der Waals surface area contributed by atoms with Crippen molar-refractivity contribution in [3.05, 3.63) is 41.0 Å². The average molecular weight is 218 g/mol. The van der Waals surface area contributed by atoms with Gasteiger partial charge in [-0.05, 0) is 12.1 Å². The van der Waals surface area contributed by atoms with E-state index in [1.807, 2.05) is 30.3 Å². The van der Waals surface area contributed by atoms with Gasteiger partial charge in [-0.3, -0.25) is 5.10 Å². The second kappa shape index (κ2) is 4.16. The third kappa shape index (κ3) is 2.00. The fourth-order valence-corrected chi connectivity index (χ4v) is 1.58. The maximum atomic E-state index is 8.53. The van der Waals surface area contributed by atoms with Crippen molar-refractivity contribution >= 4 is 11.6 Å². The van der Waals surface area contributed by atoms with E-state index in [4.69, 9.17) is 16.9 Å².